The third-order valence-electron chi connectivity index (χ3n) is 3.37. The second-order valence-electron chi connectivity index (χ2n) is 4.73. The van der Waals surface area contributed by atoms with Crippen LogP contribution in [0, 0.1) is 17.1 Å². The van der Waals surface area contributed by atoms with E-state index in [1.54, 1.807) is 4.98 Å². The lowest BCUT2D eigenvalue weighted by atomic mass is 9.86. The summed E-state index contributed by atoms with van der Waals surface area (Å²) in [6.07, 6.45) is -6.97. The zero-order chi connectivity index (χ0) is 16.7. The fourth-order valence-electron chi connectivity index (χ4n) is 2.14. The van der Waals surface area contributed by atoms with Crippen molar-refractivity contribution >= 4 is 0 Å². The van der Waals surface area contributed by atoms with Gasteiger partial charge in [0.05, 0.1) is 12.8 Å². The highest BCUT2D eigenvalue weighted by atomic mass is 19.1. The van der Waals surface area contributed by atoms with Crippen LogP contribution in [0.25, 0.3) is 0 Å². The fraction of sp³-hybridized carbons (Fsp3) is 0.545. The van der Waals surface area contributed by atoms with E-state index in [2.05, 4.69) is 0 Å². The van der Waals surface area contributed by atoms with Gasteiger partial charge in [0.25, 0.3) is 5.56 Å². The minimum Gasteiger partial charge on any atom is -0.394 e. The molecule has 1 aliphatic rings. The average molecular weight is 317 g/mol. The summed E-state index contributed by atoms with van der Waals surface area (Å²) in [7, 11) is 0. The van der Waals surface area contributed by atoms with Crippen molar-refractivity contribution in [1.29, 1.82) is 5.26 Å². The predicted octanol–water partition coefficient (Wildman–Crippen LogP) is -3.46. The number of aliphatic hydroxyl groups is 4. The molecule has 1 aromatic heterocycles. The highest BCUT2D eigenvalue weighted by molar-refractivity contribution is 5.14. The van der Waals surface area contributed by atoms with Gasteiger partial charge in [-0.25, -0.2) is 4.79 Å². The van der Waals surface area contributed by atoms with Gasteiger partial charge in [-0.3, -0.25) is 14.3 Å². The summed E-state index contributed by atoms with van der Waals surface area (Å²) in [5, 5.41) is 47.8. The van der Waals surface area contributed by atoms with Crippen LogP contribution >= 0.6 is 0 Å². The molecule has 10 nitrogen and oxygen atoms in total. The Morgan fingerprint density at radius 2 is 2.14 bits per heavy atom. The molecule has 5 atom stereocenters. The van der Waals surface area contributed by atoms with Crippen LogP contribution in [0.5, 0.6) is 0 Å². The summed E-state index contributed by atoms with van der Waals surface area (Å²) in [6, 6.07) is 1.28. The summed E-state index contributed by atoms with van der Waals surface area (Å²) in [6.45, 7) is -0.809. The van der Waals surface area contributed by atoms with E-state index in [1.807, 2.05) is 0 Å². The van der Waals surface area contributed by atoms with Crippen LogP contribution in [0.3, 0.4) is 0 Å². The predicted molar refractivity (Wildman–Crippen MR) is 64.9 cm³/mol. The highest BCUT2D eigenvalue weighted by Gasteiger charge is 2.56. The van der Waals surface area contributed by atoms with Crippen LogP contribution in [-0.4, -0.2) is 60.5 Å². The fourth-order valence-corrected chi connectivity index (χ4v) is 2.14. The molecule has 0 amide bonds. The van der Waals surface area contributed by atoms with Gasteiger partial charge < -0.3 is 25.2 Å². The monoisotopic (exact) mass is 317 g/mol. The number of aromatic nitrogens is 2. The lowest BCUT2D eigenvalue weighted by Gasteiger charge is -2.44. The van der Waals surface area contributed by atoms with E-state index in [0.717, 1.165) is 0 Å². The van der Waals surface area contributed by atoms with Gasteiger partial charge in [0.2, 0.25) is 11.4 Å². The summed E-state index contributed by atoms with van der Waals surface area (Å²) in [5.74, 6) is -1.40. The summed E-state index contributed by atoms with van der Waals surface area (Å²) < 4.78 is 18.7. The molecule has 1 aromatic rings. The lowest BCUT2D eigenvalue weighted by molar-refractivity contribution is -0.278. The molecule has 11 heteroatoms. The van der Waals surface area contributed by atoms with Gasteiger partial charge in [0.15, 0.2) is 6.23 Å². The lowest BCUT2D eigenvalue weighted by Crippen LogP contribution is -2.64. The van der Waals surface area contributed by atoms with Crippen LogP contribution in [0.2, 0.25) is 0 Å². The van der Waals surface area contributed by atoms with Crippen molar-refractivity contribution in [3.05, 3.63) is 32.9 Å². The normalized spacial score (nSPS) is 35.1. The van der Waals surface area contributed by atoms with Gasteiger partial charge in [-0.05, 0) is 0 Å². The number of rotatable bonds is 2. The van der Waals surface area contributed by atoms with Gasteiger partial charge in [-0.2, -0.15) is 9.65 Å². The molecule has 1 aliphatic heterocycles. The first-order valence-corrected chi connectivity index (χ1v) is 6.03. The summed E-state index contributed by atoms with van der Waals surface area (Å²) in [5.41, 5.74) is -5.36. The molecule has 0 unspecified atom stereocenters. The molecule has 0 radical (unpaired) electrons. The van der Waals surface area contributed by atoms with Gasteiger partial charge >= 0.3 is 5.69 Å². The Balaban J connectivity index is 2.61. The maximum absolute atomic E-state index is 13.3. The highest BCUT2D eigenvalue weighted by Crippen LogP contribution is 2.35. The number of aromatic amines is 1. The SMILES string of the molecule is N#C[C@@]1(O)[C@@H](O)[C@@H](O)[C@@H](CO)O[C@H]1n1cc(F)c(=O)[nH]c1=O. The van der Waals surface area contributed by atoms with Crippen molar-refractivity contribution in [2.75, 3.05) is 6.61 Å². The second kappa shape index (κ2) is 5.59. The first-order valence-electron chi connectivity index (χ1n) is 6.03. The smallest absolute Gasteiger partial charge is 0.330 e. The molecule has 0 aliphatic carbocycles. The maximum atomic E-state index is 13.3. The van der Waals surface area contributed by atoms with Crippen molar-refractivity contribution in [1.82, 2.24) is 9.55 Å². The van der Waals surface area contributed by atoms with Gasteiger partial charge in [0, 0.05) is 0 Å². The van der Waals surface area contributed by atoms with E-state index in [4.69, 9.17) is 15.1 Å². The Bertz CT molecular complexity index is 726. The van der Waals surface area contributed by atoms with Crippen LogP contribution < -0.4 is 11.2 Å². The van der Waals surface area contributed by atoms with Gasteiger partial charge in [-0.15, -0.1) is 0 Å². The molecular formula is C11H12FN3O7. The first-order chi connectivity index (χ1) is 10.3. The molecule has 0 spiro atoms. The zero-order valence-corrected chi connectivity index (χ0v) is 10.9. The van der Waals surface area contributed by atoms with Crippen molar-refractivity contribution in [2.45, 2.75) is 30.1 Å². The average Bonchev–Trinajstić information content (AvgIpc) is 2.49. The number of aliphatic hydroxyl groups excluding tert-OH is 3. The summed E-state index contributed by atoms with van der Waals surface area (Å²) in [4.78, 5) is 24.3. The molecule has 120 valence electrons. The van der Waals surface area contributed by atoms with E-state index in [9.17, 15) is 29.3 Å². The Morgan fingerprint density at radius 3 is 2.68 bits per heavy atom. The quantitative estimate of drug-likeness (QED) is 0.351. The Labute approximate surface area is 121 Å². The van der Waals surface area contributed by atoms with Crippen LogP contribution in [0.15, 0.2) is 15.8 Å². The number of hydrogen-bond acceptors (Lipinski definition) is 8. The number of hydrogen-bond donors (Lipinski definition) is 5. The van der Waals surface area contributed by atoms with E-state index >= 15 is 0 Å². The second-order valence-corrected chi connectivity index (χ2v) is 4.73. The van der Waals surface area contributed by atoms with E-state index < -0.39 is 53.8 Å². The topological polar surface area (TPSA) is 169 Å². The van der Waals surface area contributed by atoms with Crippen molar-refractivity contribution in [2.24, 2.45) is 0 Å². The zero-order valence-electron chi connectivity index (χ0n) is 10.9. The van der Waals surface area contributed by atoms with Crippen LogP contribution in [0.4, 0.5) is 4.39 Å². The van der Waals surface area contributed by atoms with Gasteiger partial charge in [0.1, 0.15) is 24.4 Å². The minimum absolute atomic E-state index is 0.345. The number of H-pyrrole nitrogens is 1. The first kappa shape index (κ1) is 16.3. The third kappa shape index (κ3) is 2.32. The Morgan fingerprint density at radius 1 is 1.50 bits per heavy atom. The third-order valence-corrected chi connectivity index (χ3v) is 3.37. The van der Waals surface area contributed by atoms with Gasteiger partial charge in [-0.1, -0.05) is 0 Å². The maximum Gasteiger partial charge on any atom is 0.330 e. The van der Waals surface area contributed by atoms with E-state index in [1.165, 1.54) is 6.07 Å². The number of nitriles is 1. The largest absolute Gasteiger partial charge is 0.394 e. The van der Waals surface area contributed by atoms with E-state index in [0.29, 0.717) is 10.8 Å². The Kier molecular flexibility index (Phi) is 4.14. The van der Waals surface area contributed by atoms with Crippen LogP contribution in [-0.2, 0) is 4.74 Å². The standard InChI is InChI=1S/C11H12FN3O7/c12-4-1-15(10(20)14-8(4)19)9-11(21,3-13)7(18)6(17)5(2-16)22-9/h1,5-7,9,16-18,21H,2H2,(H,14,19,20)/t5-,6+,7+,9-,11-/m1/s1. The number of ether oxygens (including phenoxy) is 1. The number of nitrogens with one attached hydrogen (secondary N) is 1. The molecule has 22 heavy (non-hydrogen) atoms. The minimum atomic E-state index is -2.82. The molecule has 1 saturated heterocycles. The van der Waals surface area contributed by atoms with Crippen molar-refractivity contribution in [3.8, 4) is 6.07 Å². The number of halogens is 1. The molecule has 5 N–H and O–H groups in total. The van der Waals surface area contributed by atoms with Crippen molar-refractivity contribution < 1.29 is 29.6 Å². The number of nitrogens with zero attached hydrogens (tertiary/aromatic N) is 2. The molecular weight excluding hydrogens is 305 g/mol. The Hall–Kier alpha value is -2.10. The molecule has 0 aromatic carbocycles. The molecule has 0 bridgehead atoms. The van der Waals surface area contributed by atoms with Crippen molar-refractivity contribution in [3.63, 3.8) is 0 Å². The van der Waals surface area contributed by atoms with Crippen LogP contribution in [0.1, 0.15) is 6.23 Å². The molecule has 1 fully saturated rings. The molecule has 2 rings (SSSR count). The molecule has 0 saturated carbocycles. The van der Waals surface area contributed by atoms with E-state index in [-0.39, 0.29) is 0 Å². The molecule has 2 heterocycles. The summed E-state index contributed by atoms with van der Waals surface area (Å²) >= 11 is 0.